The van der Waals surface area contributed by atoms with Gasteiger partial charge in [-0.05, 0) is 32.9 Å². The first-order valence-electron chi connectivity index (χ1n) is 7.61. The molecule has 1 aromatic rings. The molecular weight excluding hydrogens is 252 g/mol. The Morgan fingerprint density at radius 2 is 2.10 bits per heavy atom. The minimum Gasteiger partial charge on any atom is -0.379 e. The van der Waals surface area contributed by atoms with E-state index in [0.29, 0.717) is 0 Å². The molecular formula is C15H28N4O. The number of hydrogen-bond donors (Lipinski definition) is 1. The van der Waals surface area contributed by atoms with Crippen molar-refractivity contribution in [3.63, 3.8) is 0 Å². The zero-order valence-electron chi connectivity index (χ0n) is 13.2. The first kappa shape index (κ1) is 15.5. The van der Waals surface area contributed by atoms with Gasteiger partial charge in [-0.25, -0.2) is 0 Å². The summed E-state index contributed by atoms with van der Waals surface area (Å²) < 4.78 is 7.36. The van der Waals surface area contributed by atoms with Crippen LogP contribution in [0.4, 0.5) is 0 Å². The Labute approximate surface area is 122 Å². The second-order valence-electron chi connectivity index (χ2n) is 6.05. The second kappa shape index (κ2) is 6.70. The number of nitrogens with one attached hydrogen (secondary N) is 1. The monoisotopic (exact) mass is 280 g/mol. The molecule has 0 spiro atoms. The molecule has 1 aliphatic rings. The van der Waals surface area contributed by atoms with Gasteiger partial charge < -0.3 is 10.1 Å². The fraction of sp³-hybridized carbons (Fsp3) is 0.800. The highest BCUT2D eigenvalue weighted by Crippen LogP contribution is 2.30. The van der Waals surface area contributed by atoms with Crippen LogP contribution >= 0.6 is 0 Å². The molecule has 1 N–H and O–H groups in total. The fourth-order valence-corrected chi connectivity index (χ4v) is 2.91. The maximum atomic E-state index is 5.48. The van der Waals surface area contributed by atoms with Gasteiger partial charge >= 0.3 is 0 Å². The lowest BCUT2D eigenvalue weighted by Crippen LogP contribution is -2.56. The molecule has 2 heterocycles. The van der Waals surface area contributed by atoms with Crippen LogP contribution in [0.5, 0.6) is 0 Å². The van der Waals surface area contributed by atoms with Crippen molar-refractivity contribution >= 4 is 0 Å². The molecule has 2 rings (SSSR count). The van der Waals surface area contributed by atoms with Gasteiger partial charge in [-0.2, -0.15) is 5.10 Å². The van der Waals surface area contributed by atoms with Gasteiger partial charge in [0.2, 0.25) is 0 Å². The zero-order chi connectivity index (χ0) is 14.6. The highest BCUT2D eigenvalue weighted by Gasteiger charge is 2.37. The first-order valence-corrected chi connectivity index (χ1v) is 7.61. The van der Waals surface area contributed by atoms with Gasteiger partial charge in [-0.1, -0.05) is 6.92 Å². The summed E-state index contributed by atoms with van der Waals surface area (Å²) in [6.07, 6.45) is 3.15. The average Bonchev–Trinajstić information content (AvgIpc) is 2.86. The molecule has 20 heavy (non-hydrogen) atoms. The molecule has 0 amide bonds. The van der Waals surface area contributed by atoms with Crippen LogP contribution in [0.25, 0.3) is 0 Å². The third-order valence-electron chi connectivity index (χ3n) is 4.16. The molecule has 5 nitrogen and oxygen atoms in total. The molecule has 1 fully saturated rings. The van der Waals surface area contributed by atoms with Crippen molar-refractivity contribution in [3.05, 3.63) is 18.0 Å². The average molecular weight is 280 g/mol. The van der Waals surface area contributed by atoms with Gasteiger partial charge in [0.05, 0.1) is 24.9 Å². The van der Waals surface area contributed by atoms with E-state index in [-0.39, 0.29) is 11.6 Å². The Hall–Kier alpha value is -0.910. The van der Waals surface area contributed by atoms with Crippen molar-refractivity contribution in [2.75, 3.05) is 32.8 Å². The second-order valence-corrected chi connectivity index (χ2v) is 6.05. The van der Waals surface area contributed by atoms with Gasteiger partial charge in [0.15, 0.2) is 0 Å². The van der Waals surface area contributed by atoms with Crippen LogP contribution in [-0.2, 0) is 11.8 Å². The highest BCUT2D eigenvalue weighted by atomic mass is 16.5. The Morgan fingerprint density at radius 3 is 2.65 bits per heavy atom. The number of aryl methyl sites for hydroxylation is 1. The van der Waals surface area contributed by atoms with E-state index in [2.05, 4.69) is 42.2 Å². The van der Waals surface area contributed by atoms with Crippen LogP contribution in [0, 0.1) is 0 Å². The normalized spacial score (nSPS) is 19.2. The Kier molecular flexibility index (Phi) is 5.18. The molecule has 0 saturated carbocycles. The third-order valence-corrected chi connectivity index (χ3v) is 4.16. The van der Waals surface area contributed by atoms with E-state index in [4.69, 9.17) is 4.74 Å². The number of rotatable bonds is 6. The molecule has 1 aliphatic heterocycles. The van der Waals surface area contributed by atoms with Crippen LogP contribution in [0.3, 0.4) is 0 Å². The maximum absolute atomic E-state index is 5.48. The predicted octanol–water partition coefficient (Wildman–Crippen LogP) is 1.57. The summed E-state index contributed by atoms with van der Waals surface area (Å²) in [5.74, 6) is 0. The minimum absolute atomic E-state index is 0.0211. The van der Waals surface area contributed by atoms with Gasteiger partial charge in [0.1, 0.15) is 0 Å². The lowest BCUT2D eigenvalue weighted by molar-refractivity contribution is -0.0243. The van der Waals surface area contributed by atoms with Crippen molar-refractivity contribution in [3.8, 4) is 0 Å². The van der Waals surface area contributed by atoms with Crippen LogP contribution in [0.1, 0.15) is 38.9 Å². The van der Waals surface area contributed by atoms with Crippen LogP contribution < -0.4 is 5.32 Å². The molecule has 1 atom stereocenters. The lowest BCUT2D eigenvalue weighted by Gasteiger charge is -2.45. The van der Waals surface area contributed by atoms with Crippen molar-refractivity contribution in [2.45, 2.75) is 38.8 Å². The van der Waals surface area contributed by atoms with E-state index >= 15 is 0 Å². The first-order chi connectivity index (χ1) is 9.55. The van der Waals surface area contributed by atoms with E-state index in [1.54, 1.807) is 0 Å². The van der Waals surface area contributed by atoms with Gasteiger partial charge in [0, 0.05) is 31.9 Å². The van der Waals surface area contributed by atoms with E-state index in [0.717, 1.165) is 45.0 Å². The van der Waals surface area contributed by atoms with Gasteiger partial charge in [0.25, 0.3) is 0 Å². The van der Waals surface area contributed by atoms with Crippen LogP contribution in [0.2, 0.25) is 0 Å². The summed E-state index contributed by atoms with van der Waals surface area (Å²) in [4.78, 5) is 2.51. The maximum Gasteiger partial charge on any atom is 0.0812 e. The summed E-state index contributed by atoms with van der Waals surface area (Å²) in [5, 5.41) is 8.30. The molecule has 1 saturated heterocycles. The summed E-state index contributed by atoms with van der Waals surface area (Å²) in [7, 11) is 1.97. The van der Waals surface area contributed by atoms with Crippen molar-refractivity contribution in [1.29, 1.82) is 0 Å². The van der Waals surface area contributed by atoms with Crippen LogP contribution in [-0.4, -0.2) is 53.1 Å². The van der Waals surface area contributed by atoms with Gasteiger partial charge in [-0.15, -0.1) is 0 Å². The SMILES string of the molecule is CCCNC(c1ccn(C)n1)C(C)(C)N1CCOCC1. The minimum atomic E-state index is 0.0211. The zero-order valence-corrected chi connectivity index (χ0v) is 13.2. The summed E-state index contributed by atoms with van der Waals surface area (Å²) >= 11 is 0. The predicted molar refractivity (Wildman–Crippen MR) is 80.7 cm³/mol. The van der Waals surface area contributed by atoms with Gasteiger partial charge in [-0.3, -0.25) is 9.58 Å². The summed E-state index contributed by atoms with van der Waals surface area (Å²) in [6, 6.07) is 2.36. The Bertz CT molecular complexity index is 410. The quantitative estimate of drug-likeness (QED) is 0.859. The number of ether oxygens (including phenoxy) is 1. The molecule has 0 aliphatic carbocycles. The molecule has 1 unspecified atom stereocenters. The van der Waals surface area contributed by atoms with E-state index in [1.807, 2.05) is 17.9 Å². The smallest absolute Gasteiger partial charge is 0.0812 e. The standard InChI is InChI=1S/C15H28N4O/c1-5-7-16-14(13-6-8-18(4)17-13)15(2,3)19-9-11-20-12-10-19/h6,8,14,16H,5,7,9-12H2,1-4H3. The van der Waals surface area contributed by atoms with E-state index in [9.17, 15) is 0 Å². The largest absolute Gasteiger partial charge is 0.379 e. The summed E-state index contributed by atoms with van der Waals surface area (Å²) in [6.45, 7) is 11.5. The topological polar surface area (TPSA) is 42.3 Å². The lowest BCUT2D eigenvalue weighted by atomic mass is 9.89. The van der Waals surface area contributed by atoms with Crippen molar-refractivity contribution < 1.29 is 4.74 Å². The fourth-order valence-electron chi connectivity index (χ4n) is 2.91. The number of nitrogens with zero attached hydrogens (tertiary/aromatic N) is 3. The van der Waals surface area contributed by atoms with Crippen LogP contribution in [0.15, 0.2) is 12.3 Å². The Morgan fingerprint density at radius 1 is 1.40 bits per heavy atom. The third kappa shape index (κ3) is 3.40. The highest BCUT2D eigenvalue weighted by molar-refractivity contribution is 5.13. The van der Waals surface area contributed by atoms with E-state index < -0.39 is 0 Å². The molecule has 114 valence electrons. The molecule has 5 heteroatoms. The Balaban J connectivity index is 2.19. The summed E-state index contributed by atoms with van der Waals surface area (Å²) in [5.41, 5.74) is 1.14. The van der Waals surface area contributed by atoms with Crippen molar-refractivity contribution in [1.82, 2.24) is 20.0 Å². The molecule has 0 aromatic carbocycles. The molecule has 0 radical (unpaired) electrons. The van der Waals surface area contributed by atoms with Crippen molar-refractivity contribution in [2.24, 2.45) is 7.05 Å². The number of morpholine rings is 1. The number of hydrogen-bond acceptors (Lipinski definition) is 4. The van der Waals surface area contributed by atoms with E-state index in [1.165, 1.54) is 0 Å². The number of aromatic nitrogens is 2. The molecule has 0 bridgehead atoms. The molecule has 1 aromatic heterocycles.